The van der Waals surface area contributed by atoms with Crippen molar-refractivity contribution in [2.45, 2.75) is 45.8 Å². The van der Waals surface area contributed by atoms with Crippen LogP contribution in [0.4, 0.5) is 0 Å². The molecule has 0 bridgehead atoms. The molecule has 3 atom stereocenters. The van der Waals surface area contributed by atoms with Crippen LogP contribution in [-0.2, 0) is 4.74 Å². The Kier molecular flexibility index (Phi) is 7.91. The van der Waals surface area contributed by atoms with Gasteiger partial charge in [-0.2, -0.15) is 0 Å². The molecule has 0 aromatic rings. The summed E-state index contributed by atoms with van der Waals surface area (Å²) in [5, 5.41) is 13.2. The molecular formula is C15H32N2O2. The molecule has 2 N–H and O–H groups in total. The fourth-order valence-corrected chi connectivity index (χ4v) is 2.71. The van der Waals surface area contributed by atoms with Gasteiger partial charge in [0, 0.05) is 13.1 Å². The predicted molar refractivity (Wildman–Crippen MR) is 79.3 cm³/mol. The molecule has 0 radical (unpaired) electrons. The van der Waals surface area contributed by atoms with Gasteiger partial charge in [0.05, 0.1) is 18.8 Å². The van der Waals surface area contributed by atoms with Gasteiger partial charge in [-0.1, -0.05) is 13.8 Å². The highest BCUT2D eigenvalue weighted by Crippen LogP contribution is 2.12. The molecule has 1 aliphatic rings. The van der Waals surface area contributed by atoms with Gasteiger partial charge in [0.15, 0.2) is 0 Å². The lowest BCUT2D eigenvalue weighted by Crippen LogP contribution is -2.35. The Hall–Kier alpha value is -0.160. The number of ether oxygens (including phenoxy) is 1. The van der Waals surface area contributed by atoms with Gasteiger partial charge in [0.2, 0.25) is 0 Å². The van der Waals surface area contributed by atoms with Crippen molar-refractivity contribution in [2.75, 3.05) is 39.8 Å². The maximum absolute atomic E-state index is 9.86. The summed E-state index contributed by atoms with van der Waals surface area (Å²) >= 11 is 0. The Bertz CT molecular complexity index is 236. The van der Waals surface area contributed by atoms with E-state index in [0.29, 0.717) is 19.1 Å². The summed E-state index contributed by atoms with van der Waals surface area (Å²) in [6.45, 7) is 10.9. The fourth-order valence-electron chi connectivity index (χ4n) is 2.71. The van der Waals surface area contributed by atoms with Crippen LogP contribution >= 0.6 is 0 Å². The van der Waals surface area contributed by atoms with Gasteiger partial charge in [-0.15, -0.1) is 0 Å². The smallest absolute Gasteiger partial charge is 0.0897 e. The molecule has 19 heavy (non-hydrogen) atoms. The average Bonchev–Trinajstić information content (AvgIpc) is 2.71. The van der Waals surface area contributed by atoms with Crippen molar-refractivity contribution < 1.29 is 9.84 Å². The second-order valence-electron chi connectivity index (χ2n) is 6.50. The van der Waals surface area contributed by atoms with Crippen molar-refractivity contribution in [1.82, 2.24) is 10.2 Å². The van der Waals surface area contributed by atoms with Crippen LogP contribution in [0.2, 0.25) is 0 Å². The zero-order valence-electron chi connectivity index (χ0n) is 13.1. The Morgan fingerprint density at radius 2 is 2.11 bits per heavy atom. The standard InChI is InChI=1S/C15H32N2O2/c1-12(2)7-13(3)19-11-15(18)9-16-8-14-5-6-17(4)10-14/h12-16,18H,5-11H2,1-4H3. The van der Waals surface area contributed by atoms with Crippen molar-refractivity contribution in [2.24, 2.45) is 11.8 Å². The number of hydrogen-bond donors (Lipinski definition) is 2. The van der Waals surface area contributed by atoms with Crippen LogP contribution in [0.1, 0.15) is 33.6 Å². The Labute approximate surface area is 118 Å². The molecule has 0 aliphatic carbocycles. The van der Waals surface area contributed by atoms with E-state index in [1.807, 2.05) is 0 Å². The van der Waals surface area contributed by atoms with Gasteiger partial charge in [0.1, 0.15) is 0 Å². The number of aliphatic hydroxyl groups is 1. The summed E-state index contributed by atoms with van der Waals surface area (Å²) in [5.74, 6) is 1.38. The van der Waals surface area contributed by atoms with Crippen LogP contribution < -0.4 is 5.32 Å². The molecule has 1 saturated heterocycles. The molecule has 3 unspecified atom stereocenters. The van der Waals surface area contributed by atoms with Gasteiger partial charge >= 0.3 is 0 Å². The Morgan fingerprint density at radius 3 is 2.68 bits per heavy atom. The molecule has 1 rings (SSSR count). The molecule has 4 nitrogen and oxygen atoms in total. The molecule has 0 aromatic heterocycles. The normalized spacial score (nSPS) is 24.0. The summed E-state index contributed by atoms with van der Waals surface area (Å²) in [4.78, 5) is 2.36. The van der Waals surface area contributed by atoms with Crippen LogP contribution in [0.3, 0.4) is 0 Å². The first-order chi connectivity index (χ1) is 8.97. The van der Waals surface area contributed by atoms with Gasteiger partial charge in [0.25, 0.3) is 0 Å². The van der Waals surface area contributed by atoms with Gasteiger partial charge in [-0.25, -0.2) is 0 Å². The monoisotopic (exact) mass is 272 g/mol. The molecule has 114 valence electrons. The molecule has 0 amide bonds. The lowest BCUT2D eigenvalue weighted by Gasteiger charge is -2.19. The van der Waals surface area contributed by atoms with Crippen molar-refractivity contribution in [3.8, 4) is 0 Å². The zero-order valence-corrected chi connectivity index (χ0v) is 13.1. The zero-order chi connectivity index (χ0) is 14.3. The molecule has 0 spiro atoms. The fraction of sp³-hybridized carbons (Fsp3) is 1.00. The molecule has 1 aliphatic heterocycles. The van der Waals surface area contributed by atoms with E-state index in [9.17, 15) is 5.11 Å². The third-order valence-corrected chi connectivity index (χ3v) is 3.68. The van der Waals surface area contributed by atoms with E-state index < -0.39 is 6.10 Å². The molecule has 1 heterocycles. The number of aliphatic hydroxyl groups excluding tert-OH is 1. The SMILES string of the molecule is CC(C)CC(C)OCC(O)CNCC1CCN(C)C1. The number of likely N-dealkylation sites (tertiary alicyclic amines) is 1. The van der Waals surface area contributed by atoms with Gasteiger partial charge in [-0.3, -0.25) is 0 Å². The van der Waals surface area contributed by atoms with Gasteiger partial charge < -0.3 is 20.1 Å². The topological polar surface area (TPSA) is 44.7 Å². The molecule has 1 fully saturated rings. The summed E-state index contributed by atoms with van der Waals surface area (Å²) in [6.07, 6.45) is 2.16. The second-order valence-corrected chi connectivity index (χ2v) is 6.50. The third-order valence-electron chi connectivity index (χ3n) is 3.68. The van der Waals surface area contributed by atoms with Crippen molar-refractivity contribution >= 4 is 0 Å². The minimum absolute atomic E-state index is 0.234. The number of hydrogen-bond acceptors (Lipinski definition) is 4. The van der Waals surface area contributed by atoms with E-state index in [2.05, 4.69) is 38.0 Å². The highest BCUT2D eigenvalue weighted by Gasteiger charge is 2.19. The van der Waals surface area contributed by atoms with Crippen LogP contribution in [0.5, 0.6) is 0 Å². The first-order valence-electron chi connectivity index (χ1n) is 7.66. The van der Waals surface area contributed by atoms with E-state index >= 15 is 0 Å². The lowest BCUT2D eigenvalue weighted by atomic mass is 10.1. The van der Waals surface area contributed by atoms with Gasteiger partial charge in [-0.05, 0) is 51.7 Å². The third kappa shape index (κ3) is 7.88. The first kappa shape index (κ1) is 16.9. The van der Waals surface area contributed by atoms with Crippen LogP contribution in [0.15, 0.2) is 0 Å². The average molecular weight is 272 g/mol. The van der Waals surface area contributed by atoms with Crippen LogP contribution in [0.25, 0.3) is 0 Å². The van der Waals surface area contributed by atoms with E-state index in [-0.39, 0.29) is 6.10 Å². The van der Waals surface area contributed by atoms with Crippen LogP contribution in [0, 0.1) is 11.8 Å². The molecule has 0 aromatic carbocycles. The summed E-state index contributed by atoms with van der Waals surface area (Å²) in [7, 11) is 2.17. The van der Waals surface area contributed by atoms with Crippen molar-refractivity contribution in [1.29, 1.82) is 0 Å². The predicted octanol–water partition coefficient (Wildman–Crippen LogP) is 1.34. The van der Waals surface area contributed by atoms with E-state index in [1.165, 1.54) is 19.5 Å². The quantitative estimate of drug-likeness (QED) is 0.665. The molecule has 4 heteroatoms. The summed E-state index contributed by atoms with van der Waals surface area (Å²) in [5.41, 5.74) is 0. The van der Waals surface area contributed by atoms with E-state index in [4.69, 9.17) is 4.74 Å². The highest BCUT2D eigenvalue weighted by molar-refractivity contribution is 4.75. The molecular weight excluding hydrogens is 240 g/mol. The maximum atomic E-state index is 9.86. The lowest BCUT2D eigenvalue weighted by molar-refractivity contribution is -0.00865. The summed E-state index contributed by atoms with van der Waals surface area (Å²) in [6, 6.07) is 0. The number of rotatable bonds is 9. The largest absolute Gasteiger partial charge is 0.389 e. The Morgan fingerprint density at radius 1 is 1.37 bits per heavy atom. The molecule has 0 saturated carbocycles. The van der Waals surface area contributed by atoms with E-state index in [0.717, 1.165) is 18.9 Å². The number of nitrogens with one attached hydrogen (secondary N) is 1. The first-order valence-corrected chi connectivity index (χ1v) is 7.66. The minimum atomic E-state index is -0.395. The number of nitrogens with zero attached hydrogens (tertiary/aromatic N) is 1. The maximum Gasteiger partial charge on any atom is 0.0897 e. The Balaban J connectivity index is 2.00. The van der Waals surface area contributed by atoms with E-state index in [1.54, 1.807) is 0 Å². The highest BCUT2D eigenvalue weighted by atomic mass is 16.5. The minimum Gasteiger partial charge on any atom is -0.389 e. The van der Waals surface area contributed by atoms with Crippen molar-refractivity contribution in [3.63, 3.8) is 0 Å². The van der Waals surface area contributed by atoms with Crippen LogP contribution in [-0.4, -0.2) is 62.0 Å². The summed E-state index contributed by atoms with van der Waals surface area (Å²) < 4.78 is 5.66. The van der Waals surface area contributed by atoms with Crippen molar-refractivity contribution in [3.05, 3.63) is 0 Å². The second kappa shape index (κ2) is 8.90.